The number of aromatic nitrogens is 1. The fourth-order valence-electron chi connectivity index (χ4n) is 1.77. The van der Waals surface area contributed by atoms with Gasteiger partial charge in [-0.2, -0.15) is 13.2 Å². The summed E-state index contributed by atoms with van der Waals surface area (Å²) in [6, 6.07) is 5.11. The van der Waals surface area contributed by atoms with E-state index in [0.29, 0.717) is 10.8 Å². The smallest absolute Gasteiger partial charge is 0.332 e. The van der Waals surface area contributed by atoms with Crippen LogP contribution in [-0.4, -0.2) is 18.1 Å². The molecule has 1 heterocycles. The minimum Gasteiger partial charge on any atom is -0.332 e. The fraction of sp³-hybridized carbons (Fsp3) is 0.357. The third kappa shape index (κ3) is 4.71. The highest BCUT2D eigenvalue weighted by Crippen LogP contribution is 2.31. The summed E-state index contributed by atoms with van der Waals surface area (Å²) in [4.78, 5) is 4.36. The van der Waals surface area contributed by atoms with E-state index in [4.69, 9.17) is 0 Å². The number of hydrogen-bond acceptors (Lipinski definition) is 4. The quantitative estimate of drug-likeness (QED) is 0.789. The Morgan fingerprint density at radius 2 is 2.10 bits per heavy atom. The minimum atomic E-state index is -4.34. The van der Waals surface area contributed by atoms with Gasteiger partial charge >= 0.3 is 6.18 Å². The maximum atomic E-state index is 12.6. The predicted molar refractivity (Wildman–Crippen MR) is 79.1 cm³/mol. The van der Waals surface area contributed by atoms with E-state index in [9.17, 15) is 13.2 Å². The Morgan fingerprint density at radius 3 is 2.81 bits per heavy atom. The Morgan fingerprint density at radius 1 is 1.29 bits per heavy atom. The number of halogens is 3. The highest BCUT2D eigenvalue weighted by molar-refractivity contribution is 7.13. The molecule has 3 nitrogen and oxygen atoms in total. The lowest BCUT2D eigenvalue weighted by molar-refractivity contribution is -0.137. The largest absolute Gasteiger partial charge is 0.416 e. The number of anilines is 2. The molecule has 21 heavy (non-hydrogen) atoms. The monoisotopic (exact) mass is 315 g/mol. The van der Waals surface area contributed by atoms with Crippen molar-refractivity contribution in [3.05, 3.63) is 40.9 Å². The van der Waals surface area contributed by atoms with E-state index < -0.39 is 11.7 Å². The van der Waals surface area contributed by atoms with Crippen LogP contribution in [0.5, 0.6) is 0 Å². The molecule has 0 aliphatic heterocycles. The van der Waals surface area contributed by atoms with E-state index in [-0.39, 0.29) is 0 Å². The van der Waals surface area contributed by atoms with Gasteiger partial charge in [0.1, 0.15) is 0 Å². The summed E-state index contributed by atoms with van der Waals surface area (Å²) in [5.74, 6) is 0. The zero-order valence-electron chi connectivity index (χ0n) is 11.5. The molecule has 0 aliphatic carbocycles. The van der Waals surface area contributed by atoms with Crippen LogP contribution in [-0.2, 0) is 12.6 Å². The number of hydrogen-bond donors (Lipinski definition) is 2. The average molecular weight is 315 g/mol. The molecular weight excluding hydrogens is 299 g/mol. The first-order valence-electron chi connectivity index (χ1n) is 6.58. The lowest BCUT2D eigenvalue weighted by atomic mass is 10.2. The van der Waals surface area contributed by atoms with Crippen molar-refractivity contribution in [1.29, 1.82) is 0 Å². The van der Waals surface area contributed by atoms with E-state index in [2.05, 4.69) is 15.6 Å². The number of likely N-dealkylation sites (N-methyl/N-ethyl adjacent to an activating group) is 1. The molecule has 0 bridgehead atoms. The SMILES string of the molecule is CCNCCc1csc(Nc2cccc(C(F)(F)F)c2)n1. The second-order valence-electron chi connectivity index (χ2n) is 4.45. The van der Waals surface area contributed by atoms with Crippen LogP contribution in [0.15, 0.2) is 29.6 Å². The number of thiazole rings is 1. The molecule has 2 aromatic rings. The van der Waals surface area contributed by atoms with Crippen molar-refractivity contribution in [1.82, 2.24) is 10.3 Å². The van der Waals surface area contributed by atoms with Crippen LogP contribution in [0, 0.1) is 0 Å². The Hall–Kier alpha value is -1.60. The van der Waals surface area contributed by atoms with Crippen LogP contribution >= 0.6 is 11.3 Å². The van der Waals surface area contributed by atoms with Gasteiger partial charge < -0.3 is 10.6 Å². The second kappa shape index (κ2) is 6.91. The number of rotatable bonds is 6. The maximum Gasteiger partial charge on any atom is 0.416 e. The topological polar surface area (TPSA) is 37.0 Å². The molecular formula is C14H16F3N3S. The molecule has 0 spiro atoms. The third-order valence-electron chi connectivity index (χ3n) is 2.80. The van der Waals surface area contributed by atoms with E-state index >= 15 is 0 Å². The molecule has 2 N–H and O–H groups in total. The van der Waals surface area contributed by atoms with Gasteiger partial charge in [-0.3, -0.25) is 0 Å². The summed E-state index contributed by atoms with van der Waals surface area (Å²) < 4.78 is 37.9. The van der Waals surface area contributed by atoms with Gasteiger partial charge in [0.15, 0.2) is 5.13 Å². The minimum absolute atomic E-state index is 0.386. The summed E-state index contributed by atoms with van der Waals surface area (Å²) in [7, 11) is 0. The van der Waals surface area contributed by atoms with E-state index in [0.717, 1.165) is 37.3 Å². The van der Waals surface area contributed by atoms with Gasteiger partial charge in [0.05, 0.1) is 11.3 Å². The number of alkyl halides is 3. The lowest BCUT2D eigenvalue weighted by Gasteiger charge is -2.08. The molecule has 0 amide bonds. The first-order valence-corrected chi connectivity index (χ1v) is 7.46. The summed E-state index contributed by atoms with van der Waals surface area (Å²) in [5, 5.41) is 8.62. The molecule has 2 rings (SSSR count). The second-order valence-corrected chi connectivity index (χ2v) is 5.31. The Labute approximate surface area is 125 Å². The van der Waals surface area contributed by atoms with Crippen molar-refractivity contribution in [3.63, 3.8) is 0 Å². The molecule has 0 aliphatic rings. The Kier molecular flexibility index (Phi) is 5.19. The first-order chi connectivity index (χ1) is 9.99. The average Bonchev–Trinajstić information content (AvgIpc) is 2.86. The maximum absolute atomic E-state index is 12.6. The summed E-state index contributed by atoms with van der Waals surface area (Å²) >= 11 is 1.38. The van der Waals surface area contributed by atoms with Crippen molar-refractivity contribution in [2.24, 2.45) is 0 Å². The Bertz CT molecular complexity index is 581. The number of benzene rings is 1. The first kappa shape index (κ1) is 15.8. The standard InChI is InChI=1S/C14H16F3N3S/c1-2-18-7-6-12-9-21-13(20-12)19-11-5-3-4-10(8-11)14(15,16)17/h3-5,8-9,18H,2,6-7H2,1H3,(H,19,20). The van der Waals surface area contributed by atoms with Gasteiger partial charge in [-0.05, 0) is 24.7 Å². The number of nitrogens with zero attached hydrogens (tertiary/aromatic N) is 1. The highest BCUT2D eigenvalue weighted by Gasteiger charge is 2.30. The molecule has 1 aromatic heterocycles. The van der Waals surface area contributed by atoms with Gasteiger partial charge in [0.25, 0.3) is 0 Å². The molecule has 0 unspecified atom stereocenters. The van der Waals surface area contributed by atoms with E-state index in [1.54, 1.807) is 6.07 Å². The normalized spacial score (nSPS) is 11.6. The van der Waals surface area contributed by atoms with Crippen LogP contribution < -0.4 is 10.6 Å². The van der Waals surface area contributed by atoms with Crippen molar-refractivity contribution in [2.45, 2.75) is 19.5 Å². The molecule has 0 fully saturated rings. The highest BCUT2D eigenvalue weighted by atomic mass is 32.1. The molecule has 0 saturated heterocycles. The van der Waals surface area contributed by atoms with Crippen LogP contribution in [0.4, 0.5) is 24.0 Å². The van der Waals surface area contributed by atoms with Crippen molar-refractivity contribution in [2.75, 3.05) is 18.4 Å². The van der Waals surface area contributed by atoms with Gasteiger partial charge in [-0.25, -0.2) is 4.98 Å². The van der Waals surface area contributed by atoms with Crippen molar-refractivity contribution in [3.8, 4) is 0 Å². The third-order valence-corrected chi connectivity index (χ3v) is 3.61. The van der Waals surface area contributed by atoms with Gasteiger partial charge in [-0.1, -0.05) is 13.0 Å². The molecule has 0 atom stereocenters. The molecule has 7 heteroatoms. The van der Waals surface area contributed by atoms with Gasteiger partial charge in [0.2, 0.25) is 0 Å². The fourth-order valence-corrected chi connectivity index (χ4v) is 2.53. The van der Waals surface area contributed by atoms with E-state index in [1.807, 2.05) is 12.3 Å². The molecule has 114 valence electrons. The number of nitrogens with one attached hydrogen (secondary N) is 2. The van der Waals surface area contributed by atoms with Crippen molar-refractivity contribution < 1.29 is 13.2 Å². The summed E-state index contributed by atoms with van der Waals surface area (Å²) in [5.41, 5.74) is 0.643. The molecule has 0 saturated carbocycles. The molecule has 0 radical (unpaired) electrons. The lowest BCUT2D eigenvalue weighted by Crippen LogP contribution is -2.16. The Balaban J connectivity index is 2.02. The predicted octanol–water partition coefficient (Wildman–Crippen LogP) is 4.06. The van der Waals surface area contributed by atoms with Crippen molar-refractivity contribution >= 4 is 22.2 Å². The molecule has 1 aromatic carbocycles. The zero-order valence-corrected chi connectivity index (χ0v) is 12.3. The van der Waals surface area contributed by atoms with Crippen LogP contribution in [0.3, 0.4) is 0 Å². The zero-order chi connectivity index (χ0) is 15.3. The van der Waals surface area contributed by atoms with Crippen LogP contribution in [0.25, 0.3) is 0 Å². The van der Waals surface area contributed by atoms with Crippen LogP contribution in [0.1, 0.15) is 18.2 Å². The summed E-state index contributed by atoms with van der Waals surface area (Å²) in [6.45, 7) is 3.77. The van der Waals surface area contributed by atoms with Crippen LogP contribution in [0.2, 0.25) is 0 Å². The van der Waals surface area contributed by atoms with Gasteiger partial charge in [0, 0.05) is 24.0 Å². The summed E-state index contributed by atoms with van der Waals surface area (Å²) in [6.07, 6.45) is -3.54. The van der Waals surface area contributed by atoms with E-state index in [1.165, 1.54) is 17.4 Å². The van der Waals surface area contributed by atoms with Gasteiger partial charge in [-0.15, -0.1) is 11.3 Å².